The van der Waals surface area contributed by atoms with E-state index in [0.29, 0.717) is 6.42 Å². The molecule has 7 nitrogen and oxygen atoms in total. The third-order valence-electron chi connectivity index (χ3n) is 3.83. The molecule has 1 heterocycles. The van der Waals surface area contributed by atoms with E-state index in [-0.39, 0.29) is 18.0 Å². The Labute approximate surface area is 158 Å². The number of benzene rings is 1. The third kappa shape index (κ3) is 5.33. The van der Waals surface area contributed by atoms with Crippen LogP contribution in [0.15, 0.2) is 18.2 Å². The van der Waals surface area contributed by atoms with Gasteiger partial charge in [0.1, 0.15) is 6.04 Å². The van der Waals surface area contributed by atoms with Crippen molar-refractivity contribution in [1.82, 2.24) is 4.31 Å². The molecule has 0 aliphatic carbocycles. The molecule has 12 heteroatoms. The quantitative estimate of drug-likeness (QED) is 0.726. The molecule has 0 radical (unpaired) electrons. The lowest BCUT2D eigenvalue weighted by Crippen LogP contribution is -2.41. The lowest BCUT2D eigenvalue weighted by Gasteiger charge is -2.20. The van der Waals surface area contributed by atoms with Crippen LogP contribution in [0.5, 0.6) is 0 Å². The fourth-order valence-electron chi connectivity index (χ4n) is 2.67. The van der Waals surface area contributed by atoms with Crippen LogP contribution in [0.4, 0.5) is 18.9 Å². The van der Waals surface area contributed by atoms with E-state index in [1.807, 2.05) is 5.32 Å². The first-order valence-corrected chi connectivity index (χ1v) is 9.93. The summed E-state index contributed by atoms with van der Waals surface area (Å²) >= 11 is 5.72. The number of carbonyl (C=O) groups is 2. The minimum atomic E-state index is -4.75. The summed E-state index contributed by atoms with van der Waals surface area (Å²) in [4.78, 5) is 23.9. The van der Waals surface area contributed by atoms with Crippen molar-refractivity contribution in [3.05, 3.63) is 28.8 Å². The van der Waals surface area contributed by atoms with E-state index in [1.54, 1.807) is 0 Å². The monoisotopic (exact) mass is 428 g/mol. The number of carbonyl (C=O) groups excluding carboxylic acids is 2. The van der Waals surface area contributed by atoms with Gasteiger partial charge in [-0.2, -0.15) is 17.5 Å². The van der Waals surface area contributed by atoms with Crippen LogP contribution in [0.25, 0.3) is 0 Å². The van der Waals surface area contributed by atoms with Gasteiger partial charge >= 0.3 is 12.1 Å². The molecule has 1 aliphatic heterocycles. The van der Waals surface area contributed by atoms with Gasteiger partial charge in [-0.1, -0.05) is 17.7 Å². The molecule has 1 aromatic rings. The molecular formula is C15H16ClF3N2O5S. The van der Waals surface area contributed by atoms with Gasteiger partial charge in [0.05, 0.1) is 22.5 Å². The Hall–Kier alpha value is -1.85. The molecule has 150 valence electrons. The van der Waals surface area contributed by atoms with Crippen molar-refractivity contribution in [3.8, 4) is 0 Å². The second kappa shape index (κ2) is 8.03. The number of alkyl halides is 3. The Morgan fingerprint density at radius 3 is 2.63 bits per heavy atom. The van der Waals surface area contributed by atoms with Crippen LogP contribution in [-0.4, -0.2) is 50.0 Å². The predicted molar refractivity (Wildman–Crippen MR) is 90.6 cm³/mol. The molecule has 1 aliphatic rings. The van der Waals surface area contributed by atoms with Gasteiger partial charge in [0.25, 0.3) is 5.91 Å². The number of nitrogens with one attached hydrogen (secondary N) is 1. The van der Waals surface area contributed by atoms with Crippen LogP contribution in [0, 0.1) is 0 Å². The fourth-order valence-corrected chi connectivity index (χ4v) is 4.00. The van der Waals surface area contributed by atoms with E-state index in [2.05, 4.69) is 0 Å². The molecule has 27 heavy (non-hydrogen) atoms. The zero-order valence-corrected chi connectivity index (χ0v) is 15.6. The van der Waals surface area contributed by atoms with E-state index >= 15 is 0 Å². The lowest BCUT2D eigenvalue weighted by molar-refractivity contribution is -0.150. The summed E-state index contributed by atoms with van der Waals surface area (Å²) in [6.07, 6.45) is -3.12. The summed E-state index contributed by atoms with van der Waals surface area (Å²) in [5.41, 5.74) is -1.79. The highest BCUT2D eigenvalue weighted by Gasteiger charge is 2.38. The third-order valence-corrected chi connectivity index (χ3v) is 5.43. The van der Waals surface area contributed by atoms with Crippen molar-refractivity contribution in [2.24, 2.45) is 0 Å². The van der Waals surface area contributed by atoms with Crippen molar-refractivity contribution in [2.45, 2.75) is 25.1 Å². The van der Waals surface area contributed by atoms with E-state index in [0.717, 1.165) is 22.7 Å². The highest BCUT2D eigenvalue weighted by molar-refractivity contribution is 7.88. The van der Waals surface area contributed by atoms with Crippen molar-refractivity contribution in [2.75, 3.05) is 24.7 Å². The minimum absolute atomic E-state index is 0.152. The molecule has 1 saturated heterocycles. The van der Waals surface area contributed by atoms with Crippen LogP contribution >= 0.6 is 11.6 Å². The molecule has 1 N–H and O–H groups in total. The zero-order valence-electron chi connectivity index (χ0n) is 14.0. The van der Waals surface area contributed by atoms with Gasteiger partial charge in [-0.25, -0.2) is 8.42 Å². The van der Waals surface area contributed by atoms with Crippen molar-refractivity contribution in [3.63, 3.8) is 0 Å². The molecule has 1 aromatic carbocycles. The maximum absolute atomic E-state index is 13.0. The molecular weight excluding hydrogens is 413 g/mol. The summed E-state index contributed by atoms with van der Waals surface area (Å²) < 4.78 is 67.9. The molecule has 0 bridgehead atoms. The van der Waals surface area contributed by atoms with Gasteiger partial charge in [-0.15, -0.1) is 0 Å². The Bertz CT molecular complexity index is 844. The number of rotatable bonds is 5. The highest BCUT2D eigenvalue weighted by Crippen LogP contribution is 2.38. The molecule has 0 spiro atoms. The largest absolute Gasteiger partial charge is 0.454 e. The first-order chi connectivity index (χ1) is 12.4. The van der Waals surface area contributed by atoms with Crippen LogP contribution in [-0.2, 0) is 30.5 Å². The van der Waals surface area contributed by atoms with Gasteiger partial charge in [-0.3, -0.25) is 9.59 Å². The molecule has 0 aromatic heterocycles. The van der Waals surface area contributed by atoms with Crippen LogP contribution in [0.3, 0.4) is 0 Å². The molecule has 2 rings (SSSR count). The fraction of sp³-hybridized carbons (Fsp3) is 0.467. The molecule has 0 unspecified atom stereocenters. The number of halogens is 4. The number of sulfonamides is 1. The average Bonchev–Trinajstić information content (AvgIpc) is 3.03. The number of hydrogen-bond acceptors (Lipinski definition) is 5. The summed E-state index contributed by atoms with van der Waals surface area (Å²) in [7, 11) is -3.62. The molecule has 1 fully saturated rings. The van der Waals surface area contributed by atoms with Gasteiger partial charge in [0.2, 0.25) is 10.0 Å². The number of para-hydroxylation sites is 1. The first-order valence-electron chi connectivity index (χ1n) is 7.70. The van der Waals surface area contributed by atoms with E-state index < -0.39 is 52.0 Å². The maximum atomic E-state index is 13.0. The lowest BCUT2D eigenvalue weighted by atomic mass is 10.1. The molecule has 0 saturated carbocycles. The molecule has 1 amide bonds. The minimum Gasteiger partial charge on any atom is -0.454 e. The van der Waals surface area contributed by atoms with E-state index in [9.17, 15) is 31.2 Å². The van der Waals surface area contributed by atoms with Gasteiger partial charge < -0.3 is 10.1 Å². The van der Waals surface area contributed by atoms with Crippen LogP contribution in [0.2, 0.25) is 5.02 Å². The number of anilines is 1. The SMILES string of the molecule is CS(=O)(=O)N1CCC[C@H]1C(=O)OCC(=O)Nc1c(Cl)cccc1C(F)(F)F. The van der Waals surface area contributed by atoms with Crippen molar-refractivity contribution >= 4 is 39.2 Å². The summed E-state index contributed by atoms with van der Waals surface area (Å²) in [6, 6.07) is 1.94. The molecule has 1 atom stereocenters. The van der Waals surface area contributed by atoms with Crippen molar-refractivity contribution in [1.29, 1.82) is 0 Å². The standard InChI is InChI=1S/C15H16ClF3N2O5S/c1-27(24,25)21-7-3-6-11(21)14(23)26-8-12(22)20-13-9(15(17,18)19)4-2-5-10(13)16/h2,4-5,11H,3,6-8H2,1H3,(H,20,22)/t11-/m0/s1. The number of nitrogens with zero attached hydrogens (tertiary/aromatic N) is 1. The predicted octanol–water partition coefficient (Wildman–Crippen LogP) is 2.26. The Balaban J connectivity index is 2.03. The number of esters is 1. The number of amides is 1. The Kier molecular flexibility index (Phi) is 6.38. The summed E-state index contributed by atoms with van der Waals surface area (Å²) in [5.74, 6) is -1.98. The smallest absolute Gasteiger partial charge is 0.418 e. The van der Waals surface area contributed by atoms with E-state index in [1.165, 1.54) is 6.07 Å². The summed E-state index contributed by atoms with van der Waals surface area (Å²) in [5, 5.41) is 1.64. The van der Waals surface area contributed by atoms with Gasteiger partial charge in [0, 0.05) is 6.54 Å². The number of hydrogen-bond donors (Lipinski definition) is 1. The second-order valence-corrected chi connectivity index (χ2v) is 8.19. The Morgan fingerprint density at radius 2 is 2.04 bits per heavy atom. The average molecular weight is 429 g/mol. The second-order valence-electron chi connectivity index (χ2n) is 5.85. The maximum Gasteiger partial charge on any atom is 0.418 e. The van der Waals surface area contributed by atoms with Crippen LogP contribution in [0.1, 0.15) is 18.4 Å². The van der Waals surface area contributed by atoms with Crippen LogP contribution < -0.4 is 5.32 Å². The zero-order chi connectivity index (χ0) is 20.4. The van der Waals surface area contributed by atoms with Crippen molar-refractivity contribution < 1.29 is 35.9 Å². The highest BCUT2D eigenvalue weighted by atomic mass is 35.5. The topological polar surface area (TPSA) is 92.8 Å². The normalized spacial score (nSPS) is 18.3. The Morgan fingerprint density at radius 1 is 1.37 bits per heavy atom. The van der Waals surface area contributed by atoms with Gasteiger partial charge in [0.15, 0.2) is 6.61 Å². The van der Waals surface area contributed by atoms with Gasteiger partial charge in [-0.05, 0) is 25.0 Å². The van der Waals surface area contributed by atoms with E-state index in [4.69, 9.17) is 16.3 Å². The summed E-state index contributed by atoms with van der Waals surface area (Å²) in [6.45, 7) is -0.727. The first kappa shape index (κ1) is 21.5. The number of ether oxygens (including phenoxy) is 1.